The van der Waals surface area contributed by atoms with Crippen molar-refractivity contribution in [3.8, 4) is 16.6 Å². The molecule has 148 valence electrons. The Morgan fingerprint density at radius 3 is 2.67 bits per heavy atom. The van der Waals surface area contributed by atoms with Crippen LogP contribution in [0.4, 0.5) is 16.4 Å². The van der Waals surface area contributed by atoms with Gasteiger partial charge >= 0.3 is 0 Å². The van der Waals surface area contributed by atoms with Crippen molar-refractivity contribution >= 4 is 44.8 Å². The Hall–Kier alpha value is -3.47. The van der Waals surface area contributed by atoms with E-state index in [0.717, 1.165) is 28.2 Å². The first-order valence-corrected chi connectivity index (χ1v) is 11.0. The molecule has 4 aromatic rings. The van der Waals surface area contributed by atoms with Crippen molar-refractivity contribution in [2.24, 2.45) is 0 Å². The lowest BCUT2D eigenvalue weighted by Gasteiger charge is -2.09. The third kappa shape index (κ3) is 3.71. The molecule has 0 saturated carbocycles. The fraction of sp³-hybridized carbons (Fsp3) is 0.0870. The summed E-state index contributed by atoms with van der Waals surface area (Å²) in [6, 6.07) is 19.4. The molecule has 0 amide bonds. The average Bonchev–Trinajstić information content (AvgIpc) is 3.39. The third-order valence-corrected chi connectivity index (χ3v) is 6.88. The van der Waals surface area contributed by atoms with E-state index < -0.39 is 0 Å². The zero-order chi connectivity index (χ0) is 21.1. The van der Waals surface area contributed by atoms with E-state index in [1.54, 1.807) is 12.3 Å². The van der Waals surface area contributed by atoms with Crippen LogP contribution in [-0.4, -0.2) is 10.8 Å². The number of nitriles is 1. The number of hydrogen-bond donors (Lipinski definition) is 2. The molecule has 0 radical (unpaired) electrons. The fourth-order valence-electron chi connectivity index (χ4n) is 3.10. The van der Waals surface area contributed by atoms with Crippen molar-refractivity contribution in [1.29, 1.82) is 5.26 Å². The molecule has 0 unspecified atom stereocenters. The van der Waals surface area contributed by atoms with Gasteiger partial charge in [0.25, 0.3) is 0 Å². The van der Waals surface area contributed by atoms with Crippen molar-refractivity contribution in [2.45, 2.75) is 13.3 Å². The van der Waals surface area contributed by atoms with Gasteiger partial charge in [-0.1, -0.05) is 31.2 Å². The lowest BCUT2D eigenvalue weighted by molar-refractivity contribution is 0.104. The fourth-order valence-corrected chi connectivity index (χ4v) is 5.13. The van der Waals surface area contributed by atoms with Crippen LogP contribution in [0.15, 0.2) is 60.8 Å². The van der Waals surface area contributed by atoms with Gasteiger partial charge in [-0.15, -0.1) is 22.7 Å². The predicted molar refractivity (Wildman–Crippen MR) is 124 cm³/mol. The molecule has 0 aliphatic rings. The molecule has 0 atom stereocenters. The van der Waals surface area contributed by atoms with E-state index in [1.165, 1.54) is 22.7 Å². The molecule has 0 bridgehead atoms. The highest BCUT2D eigenvalue weighted by molar-refractivity contribution is 7.21. The van der Waals surface area contributed by atoms with E-state index in [1.807, 2.05) is 48.5 Å². The number of nitrogen functional groups attached to an aromatic ring is 1. The standard InChI is InChI=1S/C23H18N4OS2/c1-2-14-7-3-4-8-16(14)27-23-15(13-24)20(25)22(30-23)21(28)19-11-10-18(29-19)17-9-5-6-12-26-17/h3-12,27H,2,25H2,1H3. The number of ketones is 1. The van der Waals surface area contributed by atoms with E-state index in [2.05, 4.69) is 23.3 Å². The molecule has 3 N–H and O–H groups in total. The van der Waals surface area contributed by atoms with E-state index in [0.29, 0.717) is 20.3 Å². The number of carbonyl (C=O) groups is 1. The molecule has 4 rings (SSSR count). The van der Waals surface area contributed by atoms with Gasteiger partial charge in [0.15, 0.2) is 0 Å². The second-order valence-electron chi connectivity index (χ2n) is 6.50. The number of benzene rings is 1. The molecule has 0 aliphatic heterocycles. The lowest BCUT2D eigenvalue weighted by atomic mass is 10.1. The minimum Gasteiger partial charge on any atom is -0.396 e. The number of aromatic nitrogens is 1. The summed E-state index contributed by atoms with van der Waals surface area (Å²) >= 11 is 2.58. The molecule has 0 fully saturated rings. The summed E-state index contributed by atoms with van der Waals surface area (Å²) < 4.78 is 0. The summed E-state index contributed by atoms with van der Waals surface area (Å²) in [6.07, 6.45) is 2.57. The largest absolute Gasteiger partial charge is 0.396 e. The van der Waals surface area contributed by atoms with Gasteiger partial charge in [-0.25, -0.2) is 0 Å². The number of pyridine rings is 1. The van der Waals surface area contributed by atoms with E-state index in [-0.39, 0.29) is 11.5 Å². The molecule has 30 heavy (non-hydrogen) atoms. The zero-order valence-corrected chi connectivity index (χ0v) is 17.8. The monoisotopic (exact) mass is 430 g/mol. The van der Waals surface area contributed by atoms with Crippen molar-refractivity contribution in [2.75, 3.05) is 11.1 Å². The third-order valence-electron chi connectivity index (χ3n) is 4.66. The van der Waals surface area contributed by atoms with Crippen LogP contribution in [0.3, 0.4) is 0 Å². The summed E-state index contributed by atoms with van der Waals surface area (Å²) in [7, 11) is 0. The first kappa shape index (κ1) is 19.8. The smallest absolute Gasteiger partial charge is 0.215 e. The number of hydrogen-bond acceptors (Lipinski definition) is 7. The number of anilines is 3. The molecular weight excluding hydrogens is 412 g/mol. The van der Waals surface area contributed by atoms with E-state index in [9.17, 15) is 10.1 Å². The number of aryl methyl sites for hydroxylation is 1. The molecule has 7 heteroatoms. The Bertz CT molecular complexity index is 1250. The van der Waals surface area contributed by atoms with Crippen LogP contribution in [0.25, 0.3) is 10.6 Å². The van der Waals surface area contributed by atoms with Crippen LogP contribution in [0.5, 0.6) is 0 Å². The first-order chi connectivity index (χ1) is 14.6. The van der Waals surface area contributed by atoms with Crippen LogP contribution in [-0.2, 0) is 6.42 Å². The maximum Gasteiger partial charge on any atom is 0.215 e. The summed E-state index contributed by atoms with van der Waals surface area (Å²) in [5, 5.41) is 13.5. The molecule has 3 heterocycles. The lowest BCUT2D eigenvalue weighted by Crippen LogP contribution is -2.00. The van der Waals surface area contributed by atoms with Gasteiger partial charge in [-0.2, -0.15) is 5.26 Å². The molecule has 0 aliphatic carbocycles. The summed E-state index contributed by atoms with van der Waals surface area (Å²) in [5.74, 6) is -0.182. The number of rotatable bonds is 6. The van der Waals surface area contributed by atoms with E-state index in [4.69, 9.17) is 5.73 Å². The minimum atomic E-state index is -0.182. The van der Waals surface area contributed by atoms with Gasteiger partial charge in [-0.3, -0.25) is 9.78 Å². The highest BCUT2D eigenvalue weighted by Crippen LogP contribution is 2.40. The minimum absolute atomic E-state index is 0.182. The number of nitrogens with one attached hydrogen (secondary N) is 1. The number of para-hydroxylation sites is 1. The zero-order valence-electron chi connectivity index (χ0n) is 16.2. The van der Waals surface area contributed by atoms with Crippen LogP contribution < -0.4 is 11.1 Å². The second-order valence-corrected chi connectivity index (χ2v) is 8.61. The number of carbonyl (C=O) groups excluding carboxylic acids is 1. The Morgan fingerprint density at radius 1 is 1.13 bits per heavy atom. The predicted octanol–water partition coefficient (Wildman–Crippen LogP) is 5.86. The molecule has 1 aromatic carbocycles. The Balaban J connectivity index is 1.68. The second kappa shape index (κ2) is 8.49. The summed E-state index contributed by atoms with van der Waals surface area (Å²) in [6.45, 7) is 2.07. The number of thiophene rings is 2. The Morgan fingerprint density at radius 2 is 1.93 bits per heavy atom. The maximum atomic E-state index is 13.2. The van der Waals surface area contributed by atoms with Crippen molar-refractivity contribution in [3.05, 3.63) is 81.7 Å². The number of nitrogens with zero attached hydrogens (tertiary/aromatic N) is 2. The molecular formula is C23H18N4OS2. The average molecular weight is 431 g/mol. The van der Waals surface area contributed by atoms with Crippen LogP contribution >= 0.6 is 22.7 Å². The van der Waals surface area contributed by atoms with Crippen LogP contribution in [0.2, 0.25) is 0 Å². The van der Waals surface area contributed by atoms with Gasteiger partial charge in [0.2, 0.25) is 5.78 Å². The van der Waals surface area contributed by atoms with Crippen molar-refractivity contribution in [1.82, 2.24) is 4.98 Å². The van der Waals surface area contributed by atoms with Gasteiger partial charge in [0.05, 0.1) is 21.1 Å². The molecule has 0 spiro atoms. The molecule has 5 nitrogen and oxygen atoms in total. The molecule has 3 aromatic heterocycles. The van der Waals surface area contributed by atoms with Crippen LogP contribution in [0.1, 0.15) is 32.6 Å². The Kier molecular flexibility index (Phi) is 5.61. The highest BCUT2D eigenvalue weighted by Gasteiger charge is 2.24. The highest BCUT2D eigenvalue weighted by atomic mass is 32.1. The quantitative estimate of drug-likeness (QED) is 0.374. The normalized spacial score (nSPS) is 10.5. The topological polar surface area (TPSA) is 91.8 Å². The van der Waals surface area contributed by atoms with Gasteiger partial charge in [0.1, 0.15) is 21.5 Å². The van der Waals surface area contributed by atoms with Crippen molar-refractivity contribution < 1.29 is 4.79 Å². The maximum absolute atomic E-state index is 13.2. The molecule has 0 saturated heterocycles. The number of nitrogens with two attached hydrogens (primary N) is 1. The van der Waals surface area contributed by atoms with Gasteiger partial charge < -0.3 is 11.1 Å². The van der Waals surface area contributed by atoms with Crippen LogP contribution in [0, 0.1) is 11.3 Å². The van der Waals surface area contributed by atoms with E-state index >= 15 is 0 Å². The first-order valence-electron chi connectivity index (χ1n) is 9.35. The van der Waals surface area contributed by atoms with Gasteiger partial charge in [-0.05, 0) is 42.3 Å². The van der Waals surface area contributed by atoms with Gasteiger partial charge in [0, 0.05) is 11.9 Å². The summed E-state index contributed by atoms with van der Waals surface area (Å²) in [4.78, 5) is 19.3. The summed E-state index contributed by atoms with van der Waals surface area (Å²) in [5.41, 5.74) is 9.58. The SMILES string of the molecule is CCc1ccccc1Nc1sc(C(=O)c2ccc(-c3ccccn3)s2)c(N)c1C#N. The Labute approximate surface area is 182 Å². The van der Waals surface area contributed by atoms with Crippen molar-refractivity contribution in [3.63, 3.8) is 0 Å².